The molecular weight excluding hydrogens is 388 g/mol. The molecule has 0 bridgehead atoms. The van der Waals surface area contributed by atoms with Gasteiger partial charge in [-0.2, -0.15) is 0 Å². The third-order valence-electron chi connectivity index (χ3n) is 3.95. The summed E-state index contributed by atoms with van der Waals surface area (Å²) in [6.07, 6.45) is -0.0232. The van der Waals surface area contributed by atoms with Crippen LogP contribution in [0.4, 0.5) is 11.4 Å². The first-order valence-electron chi connectivity index (χ1n) is 9.10. The first kappa shape index (κ1) is 20.4. The lowest BCUT2D eigenvalue weighted by Crippen LogP contribution is -2.15. The van der Waals surface area contributed by atoms with Gasteiger partial charge in [-0.3, -0.25) is 9.52 Å². The second-order valence-corrected chi connectivity index (χ2v) is 8.30. The molecule has 2 N–H and O–H groups in total. The second kappa shape index (κ2) is 8.79. The molecule has 6 nitrogen and oxygen atoms in total. The van der Waals surface area contributed by atoms with Crippen molar-refractivity contribution in [3.05, 3.63) is 84.4 Å². The highest BCUT2D eigenvalue weighted by atomic mass is 32.2. The van der Waals surface area contributed by atoms with Crippen molar-refractivity contribution in [2.45, 2.75) is 24.8 Å². The molecule has 0 radical (unpaired) electrons. The van der Waals surface area contributed by atoms with Gasteiger partial charge < -0.3 is 10.1 Å². The van der Waals surface area contributed by atoms with Gasteiger partial charge in [-0.15, -0.1) is 0 Å². The summed E-state index contributed by atoms with van der Waals surface area (Å²) < 4.78 is 33.0. The predicted octanol–water partition coefficient (Wildman–Crippen LogP) is 4.53. The fourth-order valence-electron chi connectivity index (χ4n) is 2.62. The third-order valence-corrected chi connectivity index (χ3v) is 5.35. The molecule has 7 heteroatoms. The zero-order valence-corrected chi connectivity index (χ0v) is 16.9. The molecule has 0 unspecified atom stereocenters. The van der Waals surface area contributed by atoms with Gasteiger partial charge in [-0.25, -0.2) is 8.42 Å². The van der Waals surface area contributed by atoms with Crippen LogP contribution in [0, 0.1) is 0 Å². The molecule has 0 aliphatic heterocycles. The zero-order valence-electron chi connectivity index (χ0n) is 16.1. The number of carbonyl (C=O) groups excluding carboxylic acids is 1. The highest BCUT2D eigenvalue weighted by molar-refractivity contribution is 7.92. The Morgan fingerprint density at radius 3 is 2.14 bits per heavy atom. The van der Waals surface area contributed by atoms with Gasteiger partial charge in [0.25, 0.3) is 15.9 Å². The van der Waals surface area contributed by atoms with Crippen molar-refractivity contribution in [3.8, 4) is 5.75 Å². The van der Waals surface area contributed by atoms with Crippen molar-refractivity contribution in [2.75, 3.05) is 10.0 Å². The summed E-state index contributed by atoms with van der Waals surface area (Å²) in [7, 11) is -3.68. The normalized spacial score (nSPS) is 11.1. The van der Waals surface area contributed by atoms with Gasteiger partial charge in [0.05, 0.1) is 16.7 Å². The van der Waals surface area contributed by atoms with E-state index in [0.29, 0.717) is 22.7 Å². The van der Waals surface area contributed by atoms with E-state index in [2.05, 4.69) is 10.0 Å². The molecule has 0 saturated carbocycles. The molecule has 0 aromatic heterocycles. The number of sulfonamides is 1. The summed E-state index contributed by atoms with van der Waals surface area (Å²) in [4.78, 5) is 12.7. The van der Waals surface area contributed by atoms with Gasteiger partial charge in [0.15, 0.2) is 0 Å². The Labute approximate surface area is 170 Å². The molecule has 3 rings (SSSR count). The number of para-hydroxylation sites is 2. The number of hydrogen-bond acceptors (Lipinski definition) is 4. The lowest BCUT2D eigenvalue weighted by Gasteiger charge is -2.15. The summed E-state index contributed by atoms with van der Waals surface area (Å²) in [5, 5.41) is 2.82. The van der Waals surface area contributed by atoms with E-state index in [9.17, 15) is 13.2 Å². The number of anilines is 2. The smallest absolute Gasteiger partial charge is 0.261 e. The van der Waals surface area contributed by atoms with Gasteiger partial charge in [-0.05, 0) is 62.4 Å². The SMILES string of the molecule is CC(C)Oc1ccccc1NC(=O)c1ccc(NS(=O)(=O)c2ccccc2)cc1. The number of hydrogen-bond donors (Lipinski definition) is 2. The topological polar surface area (TPSA) is 84.5 Å². The molecule has 0 aliphatic rings. The van der Waals surface area contributed by atoms with Crippen LogP contribution in [-0.4, -0.2) is 20.4 Å². The predicted molar refractivity (Wildman–Crippen MR) is 114 cm³/mol. The monoisotopic (exact) mass is 410 g/mol. The van der Waals surface area contributed by atoms with E-state index in [0.717, 1.165) is 0 Å². The lowest BCUT2D eigenvalue weighted by atomic mass is 10.2. The Morgan fingerprint density at radius 2 is 1.48 bits per heavy atom. The van der Waals surface area contributed by atoms with E-state index < -0.39 is 10.0 Å². The highest BCUT2D eigenvalue weighted by Crippen LogP contribution is 2.25. The van der Waals surface area contributed by atoms with E-state index in [-0.39, 0.29) is 16.9 Å². The summed E-state index contributed by atoms with van der Waals surface area (Å²) in [6.45, 7) is 3.82. The van der Waals surface area contributed by atoms with Gasteiger partial charge in [0.1, 0.15) is 5.75 Å². The number of nitrogens with one attached hydrogen (secondary N) is 2. The fraction of sp³-hybridized carbons (Fsp3) is 0.136. The minimum absolute atomic E-state index is 0.0232. The van der Waals surface area contributed by atoms with Crippen LogP contribution >= 0.6 is 0 Å². The Kier molecular flexibility index (Phi) is 6.19. The first-order chi connectivity index (χ1) is 13.8. The summed E-state index contributed by atoms with van der Waals surface area (Å²) >= 11 is 0. The molecule has 0 spiro atoms. The summed E-state index contributed by atoms with van der Waals surface area (Å²) in [5.41, 5.74) is 1.33. The molecule has 0 fully saturated rings. The number of ether oxygens (including phenoxy) is 1. The average molecular weight is 410 g/mol. The van der Waals surface area contributed by atoms with Crippen LogP contribution in [0.5, 0.6) is 5.75 Å². The average Bonchev–Trinajstić information content (AvgIpc) is 2.70. The van der Waals surface area contributed by atoms with Crippen molar-refractivity contribution in [1.29, 1.82) is 0 Å². The van der Waals surface area contributed by atoms with E-state index in [1.165, 1.54) is 12.1 Å². The van der Waals surface area contributed by atoms with Crippen molar-refractivity contribution in [1.82, 2.24) is 0 Å². The molecule has 3 aromatic carbocycles. The van der Waals surface area contributed by atoms with Gasteiger partial charge in [0, 0.05) is 11.3 Å². The molecule has 0 aliphatic carbocycles. The zero-order chi connectivity index (χ0) is 20.9. The molecule has 1 amide bonds. The summed E-state index contributed by atoms with van der Waals surface area (Å²) in [6, 6.07) is 21.5. The quantitative estimate of drug-likeness (QED) is 0.599. The first-order valence-corrected chi connectivity index (χ1v) is 10.6. The van der Waals surface area contributed by atoms with Gasteiger partial charge in [0.2, 0.25) is 0 Å². The van der Waals surface area contributed by atoms with Crippen LogP contribution in [0.2, 0.25) is 0 Å². The Hall–Kier alpha value is -3.32. The van der Waals surface area contributed by atoms with Crippen molar-refractivity contribution in [3.63, 3.8) is 0 Å². The lowest BCUT2D eigenvalue weighted by molar-refractivity contribution is 0.102. The van der Waals surface area contributed by atoms with Crippen molar-refractivity contribution in [2.24, 2.45) is 0 Å². The Bertz CT molecular complexity index is 1080. The van der Waals surface area contributed by atoms with Crippen LogP contribution in [0.25, 0.3) is 0 Å². The largest absolute Gasteiger partial charge is 0.489 e. The maximum Gasteiger partial charge on any atom is 0.261 e. The molecule has 0 atom stereocenters. The minimum atomic E-state index is -3.68. The molecule has 150 valence electrons. The van der Waals surface area contributed by atoms with Crippen molar-refractivity contribution >= 4 is 27.3 Å². The fourth-order valence-corrected chi connectivity index (χ4v) is 3.70. The Morgan fingerprint density at radius 1 is 0.862 bits per heavy atom. The van der Waals surface area contributed by atoms with E-state index in [1.54, 1.807) is 54.6 Å². The van der Waals surface area contributed by atoms with E-state index in [4.69, 9.17) is 4.74 Å². The molecule has 0 saturated heterocycles. The highest BCUT2D eigenvalue weighted by Gasteiger charge is 2.14. The second-order valence-electron chi connectivity index (χ2n) is 6.61. The van der Waals surface area contributed by atoms with Gasteiger partial charge >= 0.3 is 0 Å². The molecule has 29 heavy (non-hydrogen) atoms. The minimum Gasteiger partial charge on any atom is -0.489 e. The number of benzene rings is 3. The third kappa shape index (κ3) is 5.36. The number of carbonyl (C=O) groups is 1. The van der Waals surface area contributed by atoms with E-state index in [1.807, 2.05) is 26.0 Å². The maximum absolute atomic E-state index is 12.6. The van der Waals surface area contributed by atoms with Crippen molar-refractivity contribution < 1.29 is 17.9 Å². The van der Waals surface area contributed by atoms with Crippen LogP contribution in [-0.2, 0) is 10.0 Å². The maximum atomic E-state index is 12.6. The van der Waals surface area contributed by atoms with Gasteiger partial charge in [-0.1, -0.05) is 30.3 Å². The molecule has 0 heterocycles. The van der Waals surface area contributed by atoms with Crippen LogP contribution in [0.3, 0.4) is 0 Å². The van der Waals surface area contributed by atoms with Crippen LogP contribution in [0.1, 0.15) is 24.2 Å². The molecular formula is C22H22N2O4S. The van der Waals surface area contributed by atoms with Crippen LogP contribution < -0.4 is 14.8 Å². The number of amides is 1. The standard InChI is InChI=1S/C22H22N2O4S/c1-16(2)28-21-11-7-6-10-20(21)23-22(25)17-12-14-18(15-13-17)24-29(26,27)19-8-4-3-5-9-19/h3-16,24H,1-2H3,(H,23,25). The summed E-state index contributed by atoms with van der Waals surface area (Å²) in [5.74, 6) is 0.269. The molecule has 3 aromatic rings. The Balaban J connectivity index is 1.71. The van der Waals surface area contributed by atoms with E-state index >= 15 is 0 Å². The van der Waals surface area contributed by atoms with Crippen LogP contribution in [0.15, 0.2) is 83.8 Å². The number of rotatable bonds is 7.